The molecule has 6 nitrogen and oxygen atoms in total. The Morgan fingerprint density at radius 2 is 2.00 bits per heavy atom. The van der Waals surface area contributed by atoms with Crippen LogP contribution in [0.1, 0.15) is 27.5 Å². The number of amides is 1. The maximum atomic E-state index is 12.4. The minimum Gasteiger partial charge on any atom is -0.353 e. The summed E-state index contributed by atoms with van der Waals surface area (Å²) in [6.45, 7) is 3.22. The summed E-state index contributed by atoms with van der Waals surface area (Å²) in [6, 6.07) is 18.4. The third-order valence-electron chi connectivity index (χ3n) is 5.13. The summed E-state index contributed by atoms with van der Waals surface area (Å²) in [4.78, 5) is 23.3. The van der Waals surface area contributed by atoms with E-state index in [4.69, 9.17) is 0 Å². The van der Waals surface area contributed by atoms with Gasteiger partial charge < -0.3 is 15.5 Å². The molecule has 6 heteroatoms. The number of nitrogens with zero attached hydrogens (tertiary/aromatic N) is 3. The van der Waals surface area contributed by atoms with Crippen LogP contribution in [-0.2, 0) is 6.42 Å². The van der Waals surface area contributed by atoms with E-state index in [-0.39, 0.29) is 11.9 Å². The van der Waals surface area contributed by atoms with Gasteiger partial charge in [-0.05, 0) is 35.7 Å². The van der Waals surface area contributed by atoms with Crippen molar-refractivity contribution in [3.05, 3.63) is 89.9 Å². The Hall–Kier alpha value is -3.25. The molecule has 1 aliphatic heterocycles. The van der Waals surface area contributed by atoms with Crippen LogP contribution in [0, 0.1) is 0 Å². The summed E-state index contributed by atoms with van der Waals surface area (Å²) in [6.07, 6.45) is 5.98. The molecule has 3 aromatic rings. The Kier molecular flexibility index (Phi) is 6.12. The van der Waals surface area contributed by atoms with Crippen LogP contribution in [0.15, 0.2) is 73.2 Å². The van der Waals surface area contributed by atoms with Crippen molar-refractivity contribution in [1.29, 1.82) is 0 Å². The Bertz CT molecular complexity index is 915. The monoisotopic (exact) mass is 387 g/mol. The van der Waals surface area contributed by atoms with Crippen LogP contribution in [0.2, 0.25) is 0 Å². The quantitative estimate of drug-likeness (QED) is 0.680. The summed E-state index contributed by atoms with van der Waals surface area (Å²) in [5.74, 6) is 0.801. The summed E-state index contributed by atoms with van der Waals surface area (Å²) in [5, 5.41) is 6.51. The van der Waals surface area contributed by atoms with E-state index in [2.05, 4.69) is 49.8 Å². The van der Waals surface area contributed by atoms with Crippen LogP contribution >= 0.6 is 0 Å². The van der Waals surface area contributed by atoms with Gasteiger partial charge >= 0.3 is 0 Å². The number of nitrogens with one attached hydrogen (secondary N) is 2. The molecule has 0 spiro atoms. The molecule has 0 unspecified atom stereocenters. The molecular formula is C23H25N5O. The maximum Gasteiger partial charge on any atom is 0.252 e. The number of anilines is 1. The highest BCUT2D eigenvalue weighted by atomic mass is 16.1. The Morgan fingerprint density at radius 1 is 1.10 bits per heavy atom. The van der Waals surface area contributed by atoms with Crippen LogP contribution in [0.4, 0.5) is 5.82 Å². The summed E-state index contributed by atoms with van der Waals surface area (Å²) < 4.78 is 0. The first-order chi connectivity index (χ1) is 14.3. The van der Waals surface area contributed by atoms with Gasteiger partial charge in [0, 0.05) is 50.8 Å². The van der Waals surface area contributed by atoms with Gasteiger partial charge in [0.1, 0.15) is 5.82 Å². The van der Waals surface area contributed by atoms with Crippen molar-refractivity contribution < 1.29 is 4.79 Å². The number of hydrogen-bond acceptors (Lipinski definition) is 5. The lowest BCUT2D eigenvalue weighted by Crippen LogP contribution is -2.46. The lowest BCUT2D eigenvalue weighted by Gasteiger charge is -2.34. The second-order valence-electron chi connectivity index (χ2n) is 7.14. The lowest BCUT2D eigenvalue weighted by atomic mass is 10.0. The van der Waals surface area contributed by atoms with Crippen molar-refractivity contribution in [2.75, 3.05) is 31.1 Å². The molecule has 2 aromatic heterocycles. The fourth-order valence-corrected chi connectivity index (χ4v) is 3.54. The van der Waals surface area contributed by atoms with E-state index >= 15 is 0 Å². The van der Waals surface area contributed by atoms with Gasteiger partial charge in [-0.1, -0.05) is 36.4 Å². The molecule has 1 fully saturated rings. The zero-order valence-corrected chi connectivity index (χ0v) is 16.3. The van der Waals surface area contributed by atoms with E-state index in [1.807, 2.05) is 36.5 Å². The predicted molar refractivity (Wildman–Crippen MR) is 114 cm³/mol. The van der Waals surface area contributed by atoms with Crippen molar-refractivity contribution in [3.8, 4) is 0 Å². The molecule has 3 heterocycles. The smallest absolute Gasteiger partial charge is 0.252 e. The Morgan fingerprint density at radius 3 is 2.76 bits per heavy atom. The summed E-state index contributed by atoms with van der Waals surface area (Å²) in [5.41, 5.74) is 2.96. The molecule has 1 saturated heterocycles. The standard InChI is InChI=1S/C23H25N5O/c29-23(26-12-10-18-5-4-11-24-15-18)20-8-9-22(27-16-20)28-14-13-25-21(17-28)19-6-2-1-3-7-19/h1-9,11,15-16,21,25H,10,12-14,17H2,(H,26,29)/t21-/m1/s1. The fourth-order valence-electron chi connectivity index (χ4n) is 3.54. The van der Waals surface area contributed by atoms with Gasteiger partial charge in [0.15, 0.2) is 0 Å². The van der Waals surface area contributed by atoms with E-state index in [0.717, 1.165) is 37.4 Å². The molecule has 29 heavy (non-hydrogen) atoms. The molecule has 1 atom stereocenters. The highest BCUT2D eigenvalue weighted by molar-refractivity contribution is 5.94. The van der Waals surface area contributed by atoms with Crippen LogP contribution in [0.5, 0.6) is 0 Å². The van der Waals surface area contributed by atoms with E-state index in [1.165, 1.54) is 5.56 Å². The predicted octanol–water partition coefficient (Wildman–Crippen LogP) is 2.60. The van der Waals surface area contributed by atoms with Crippen molar-refractivity contribution in [2.45, 2.75) is 12.5 Å². The van der Waals surface area contributed by atoms with Crippen LogP contribution < -0.4 is 15.5 Å². The molecule has 0 aliphatic carbocycles. The number of pyridine rings is 2. The number of piperazine rings is 1. The summed E-state index contributed by atoms with van der Waals surface area (Å²) >= 11 is 0. The molecule has 1 aromatic carbocycles. The topological polar surface area (TPSA) is 70.2 Å². The minimum atomic E-state index is -0.101. The largest absolute Gasteiger partial charge is 0.353 e. The van der Waals surface area contributed by atoms with E-state index < -0.39 is 0 Å². The number of carbonyl (C=O) groups is 1. The average Bonchev–Trinajstić information content (AvgIpc) is 2.80. The third-order valence-corrected chi connectivity index (χ3v) is 5.13. The molecule has 2 N–H and O–H groups in total. The van der Waals surface area contributed by atoms with Crippen molar-refractivity contribution in [1.82, 2.24) is 20.6 Å². The van der Waals surface area contributed by atoms with Crippen molar-refractivity contribution in [2.24, 2.45) is 0 Å². The van der Waals surface area contributed by atoms with Crippen LogP contribution in [-0.4, -0.2) is 42.1 Å². The van der Waals surface area contributed by atoms with Crippen LogP contribution in [0.25, 0.3) is 0 Å². The molecule has 1 amide bonds. The van der Waals surface area contributed by atoms with Crippen molar-refractivity contribution in [3.63, 3.8) is 0 Å². The molecular weight excluding hydrogens is 362 g/mol. The lowest BCUT2D eigenvalue weighted by molar-refractivity contribution is 0.0954. The van der Waals surface area contributed by atoms with E-state index in [0.29, 0.717) is 12.1 Å². The zero-order chi connectivity index (χ0) is 19.9. The van der Waals surface area contributed by atoms with Crippen LogP contribution in [0.3, 0.4) is 0 Å². The molecule has 148 valence electrons. The first kappa shape index (κ1) is 19.1. The number of benzene rings is 1. The molecule has 4 rings (SSSR count). The Labute approximate surface area is 171 Å². The van der Waals surface area contributed by atoms with Gasteiger partial charge in [0.05, 0.1) is 5.56 Å². The van der Waals surface area contributed by atoms with Gasteiger partial charge in [0.25, 0.3) is 5.91 Å². The normalized spacial score (nSPS) is 16.4. The zero-order valence-electron chi connectivity index (χ0n) is 16.3. The van der Waals surface area contributed by atoms with Gasteiger partial charge in [-0.3, -0.25) is 9.78 Å². The SMILES string of the molecule is O=C(NCCc1cccnc1)c1ccc(N2CCN[C@@H](c3ccccc3)C2)nc1. The Balaban J connectivity index is 1.33. The van der Waals surface area contributed by atoms with Gasteiger partial charge in [-0.15, -0.1) is 0 Å². The van der Waals surface area contributed by atoms with Crippen molar-refractivity contribution >= 4 is 11.7 Å². The van der Waals surface area contributed by atoms with Gasteiger partial charge in [0.2, 0.25) is 0 Å². The first-order valence-electron chi connectivity index (χ1n) is 9.96. The summed E-state index contributed by atoms with van der Waals surface area (Å²) in [7, 11) is 0. The number of carbonyl (C=O) groups excluding carboxylic acids is 1. The molecule has 0 radical (unpaired) electrons. The molecule has 0 saturated carbocycles. The van der Waals surface area contributed by atoms with Gasteiger partial charge in [-0.25, -0.2) is 4.98 Å². The minimum absolute atomic E-state index is 0.101. The third kappa shape index (κ3) is 4.97. The maximum absolute atomic E-state index is 12.4. The van der Waals surface area contributed by atoms with E-state index in [1.54, 1.807) is 12.4 Å². The highest BCUT2D eigenvalue weighted by Crippen LogP contribution is 2.21. The molecule has 0 bridgehead atoms. The number of aromatic nitrogens is 2. The molecule has 1 aliphatic rings. The average molecular weight is 387 g/mol. The van der Waals surface area contributed by atoms with Gasteiger partial charge in [-0.2, -0.15) is 0 Å². The fraction of sp³-hybridized carbons (Fsp3) is 0.261. The van der Waals surface area contributed by atoms with E-state index in [9.17, 15) is 4.79 Å². The highest BCUT2D eigenvalue weighted by Gasteiger charge is 2.21. The number of hydrogen-bond donors (Lipinski definition) is 2. The first-order valence-corrected chi connectivity index (χ1v) is 9.96. The number of rotatable bonds is 6. The second kappa shape index (κ2) is 9.30. The second-order valence-corrected chi connectivity index (χ2v) is 7.14.